The fourth-order valence-corrected chi connectivity index (χ4v) is 3.24. The monoisotopic (exact) mass is 543 g/mol. The molecule has 3 aromatic rings. The van der Waals surface area contributed by atoms with Crippen LogP contribution in [0, 0.1) is 6.92 Å². The Labute approximate surface area is 226 Å². The summed E-state index contributed by atoms with van der Waals surface area (Å²) in [4.78, 5) is 12.8. The first-order valence-electron chi connectivity index (χ1n) is 11.3. The van der Waals surface area contributed by atoms with Crippen molar-refractivity contribution in [3.63, 3.8) is 0 Å². The second-order valence-corrected chi connectivity index (χ2v) is 8.11. The van der Waals surface area contributed by atoms with Crippen LogP contribution >= 0.6 is 0 Å². The molecule has 196 valence electrons. The third-order valence-corrected chi connectivity index (χ3v) is 5.02. The van der Waals surface area contributed by atoms with E-state index in [1.807, 2.05) is 50.3 Å². The summed E-state index contributed by atoms with van der Waals surface area (Å²) in [5.74, 6) is 0.0996. The number of aromatic hydroxyl groups is 4. The molecular weight excluding hydrogens is 515 g/mol. The number of hydrogen-bond donors (Lipinski definition) is 4. The van der Waals surface area contributed by atoms with Crippen molar-refractivity contribution in [1.82, 2.24) is 4.98 Å². The molecule has 1 atom stereocenters. The Hall–Kier alpha value is -4.10. The van der Waals surface area contributed by atoms with Crippen LogP contribution in [0.1, 0.15) is 29.4 Å². The van der Waals surface area contributed by atoms with E-state index in [9.17, 15) is 10.2 Å². The molecule has 0 saturated carbocycles. The van der Waals surface area contributed by atoms with Crippen molar-refractivity contribution in [2.75, 3.05) is 6.54 Å². The minimum absolute atomic E-state index is 0. The average molecular weight is 544 g/mol. The molecule has 37 heavy (non-hydrogen) atoms. The Morgan fingerprint density at radius 3 is 2.05 bits per heavy atom. The van der Waals surface area contributed by atoms with Crippen LogP contribution in [-0.2, 0) is 23.0 Å². The largest absolute Gasteiger partial charge is 0.681 e. The van der Waals surface area contributed by atoms with Gasteiger partial charge < -0.3 is 25.7 Å². The van der Waals surface area contributed by atoms with Crippen LogP contribution in [0.2, 0.25) is 0 Å². The minimum Gasteiger partial charge on any atom is -0.681 e. The van der Waals surface area contributed by atoms with Crippen molar-refractivity contribution < 1.29 is 36.9 Å². The Morgan fingerprint density at radius 1 is 0.865 bits per heavy atom. The summed E-state index contributed by atoms with van der Waals surface area (Å²) in [5, 5.41) is 41.9. The molecule has 1 aliphatic rings. The van der Waals surface area contributed by atoms with Gasteiger partial charge in [-0.05, 0) is 43.3 Å². The summed E-state index contributed by atoms with van der Waals surface area (Å²) < 4.78 is 0. The topological polar surface area (TPSA) is 133 Å². The molecular formula is C28H29N4NiO4-. The second-order valence-electron chi connectivity index (χ2n) is 8.11. The molecule has 8 nitrogen and oxygen atoms in total. The number of pyridine rings is 1. The zero-order valence-electron chi connectivity index (χ0n) is 20.5. The van der Waals surface area contributed by atoms with Gasteiger partial charge in [0.05, 0.1) is 12.2 Å². The maximum absolute atomic E-state index is 9.57. The zero-order valence-corrected chi connectivity index (χ0v) is 21.5. The van der Waals surface area contributed by atoms with Gasteiger partial charge in [0.2, 0.25) is 0 Å². The maximum atomic E-state index is 9.57. The summed E-state index contributed by atoms with van der Waals surface area (Å²) in [5.41, 5.74) is 3.98. The SMILES string of the molecule is CC1=CC=CC(CN=Cc2ccc(O)cc2O)[N-]1.Cc1cccc(CN=Cc2ccc(O)cc2O)n1.[Ni]. The van der Waals surface area contributed by atoms with Gasteiger partial charge in [-0.3, -0.25) is 15.0 Å². The quantitative estimate of drug-likeness (QED) is 0.252. The third kappa shape index (κ3) is 9.82. The van der Waals surface area contributed by atoms with Crippen molar-refractivity contribution in [3.05, 3.63) is 106 Å². The fraction of sp³-hybridized carbons (Fsp3) is 0.179. The maximum Gasteiger partial charge on any atom is 0.128 e. The molecule has 0 bridgehead atoms. The van der Waals surface area contributed by atoms with E-state index in [0.717, 1.165) is 17.1 Å². The summed E-state index contributed by atoms with van der Waals surface area (Å²) in [6.45, 7) is 4.88. The number of rotatable bonds is 6. The van der Waals surface area contributed by atoms with E-state index in [1.54, 1.807) is 24.6 Å². The van der Waals surface area contributed by atoms with Crippen molar-refractivity contribution >= 4 is 12.4 Å². The first-order valence-corrected chi connectivity index (χ1v) is 11.3. The number of nitrogens with zero attached hydrogens (tertiary/aromatic N) is 4. The summed E-state index contributed by atoms with van der Waals surface area (Å²) in [6, 6.07) is 14.7. The van der Waals surface area contributed by atoms with E-state index >= 15 is 0 Å². The van der Waals surface area contributed by atoms with Crippen molar-refractivity contribution in [1.29, 1.82) is 0 Å². The van der Waals surface area contributed by atoms with E-state index in [4.69, 9.17) is 10.2 Å². The van der Waals surface area contributed by atoms with Gasteiger partial charge in [0.15, 0.2) is 0 Å². The molecule has 0 aliphatic carbocycles. The fourth-order valence-electron chi connectivity index (χ4n) is 3.24. The van der Waals surface area contributed by atoms with E-state index in [2.05, 4.69) is 20.3 Å². The molecule has 4 N–H and O–H groups in total. The Balaban J connectivity index is 0.000000253. The predicted molar refractivity (Wildman–Crippen MR) is 142 cm³/mol. The molecule has 4 rings (SSSR count). The van der Waals surface area contributed by atoms with Crippen LogP contribution in [0.4, 0.5) is 0 Å². The molecule has 0 spiro atoms. The standard InChI is InChI=1S/C14H15N2O2.C14H14N2O2.Ni/c2*1-10-3-2-4-12(16-10)9-15-8-11-5-6-13(17)7-14(11)18;/h2-8,12H,9H2,1H3,(H2,15,17,18);2-8,17-18H,9H2,1H3;/q-1;;. The van der Waals surface area contributed by atoms with E-state index in [-0.39, 0.29) is 45.5 Å². The average Bonchev–Trinajstić information content (AvgIpc) is 2.82. The van der Waals surface area contributed by atoms with Crippen LogP contribution < -0.4 is 0 Å². The van der Waals surface area contributed by atoms with Gasteiger partial charge in [-0.25, -0.2) is 0 Å². The number of phenols is 4. The predicted octanol–water partition coefficient (Wildman–Crippen LogP) is 5.15. The van der Waals surface area contributed by atoms with Crippen LogP contribution in [0.25, 0.3) is 5.32 Å². The third-order valence-electron chi connectivity index (χ3n) is 5.02. The van der Waals surface area contributed by atoms with Crippen LogP contribution in [-0.4, -0.2) is 50.4 Å². The second kappa shape index (κ2) is 14.5. The van der Waals surface area contributed by atoms with Gasteiger partial charge in [-0.1, -0.05) is 37.3 Å². The molecule has 0 radical (unpaired) electrons. The minimum atomic E-state index is 0. The van der Waals surface area contributed by atoms with Gasteiger partial charge in [-0.15, -0.1) is 0 Å². The number of benzene rings is 2. The number of aryl methyl sites for hydroxylation is 1. The van der Waals surface area contributed by atoms with Crippen LogP contribution in [0.3, 0.4) is 0 Å². The van der Waals surface area contributed by atoms with Crippen molar-refractivity contribution in [3.8, 4) is 23.0 Å². The van der Waals surface area contributed by atoms with Gasteiger partial charge >= 0.3 is 0 Å². The molecule has 0 saturated heterocycles. The Kier molecular flexibility index (Phi) is 11.4. The molecule has 2 heterocycles. The zero-order chi connectivity index (χ0) is 25.9. The molecule has 1 unspecified atom stereocenters. The number of hydrogen-bond acceptors (Lipinski definition) is 7. The number of aromatic nitrogens is 1. The van der Waals surface area contributed by atoms with Gasteiger partial charge in [0, 0.05) is 64.4 Å². The molecule has 0 fully saturated rings. The number of phenolic OH excluding ortho intramolecular Hbond substituents is 4. The van der Waals surface area contributed by atoms with E-state index < -0.39 is 0 Å². The molecule has 9 heteroatoms. The van der Waals surface area contributed by atoms with E-state index in [0.29, 0.717) is 24.2 Å². The number of allylic oxidation sites excluding steroid dienone is 3. The Morgan fingerprint density at radius 2 is 1.49 bits per heavy atom. The molecule has 0 amide bonds. The van der Waals surface area contributed by atoms with Crippen molar-refractivity contribution in [2.45, 2.75) is 26.4 Å². The summed E-state index contributed by atoms with van der Waals surface area (Å²) in [6.07, 6.45) is 9.07. The van der Waals surface area contributed by atoms with Gasteiger partial charge in [0.1, 0.15) is 23.0 Å². The molecule has 1 aromatic heterocycles. The summed E-state index contributed by atoms with van der Waals surface area (Å²) >= 11 is 0. The van der Waals surface area contributed by atoms with Gasteiger partial charge in [0.25, 0.3) is 0 Å². The van der Waals surface area contributed by atoms with Crippen LogP contribution in [0.15, 0.2) is 88.5 Å². The van der Waals surface area contributed by atoms with Crippen LogP contribution in [0.5, 0.6) is 23.0 Å². The summed E-state index contributed by atoms with van der Waals surface area (Å²) in [7, 11) is 0. The smallest absolute Gasteiger partial charge is 0.128 e. The molecule has 1 aliphatic heterocycles. The van der Waals surface area contributed by atoms with E-state index in [1.165, 1.54) is 24.3 Å². The Bertz CT molecular complexity index is 1310. The van der Waals surface area contributed by atoms with Gasteiger partial charge in [-0.2, -0.15) is 5.70 Å². The first-order chi connectivity index (χ1) is 17.3. The molecule has 2 aromatic carbocycles. The number of aliphatic imine (C=N–C) groups is 2. The normalized spacial score (nSPS) is 14.4. The first kappa shape index (κ1) is 29.1. The van der Waals surface area contributed by atoms with Crippen molar-refractivity contribution in [2.24, 2.45) is 9.98 Å².